The fourth-order valence-electron chi connectivity index (χ4n) is 2.85. The normalized spacial score (nSPS) is 16.8. The van der Waals surface area contributed by atoms with Crippen LogP contribution in [0.4, 0.5) is 5.13 Å². The minimum Gasteiger partial charge on any atom is -0.467 e. The van der Waals surface area contributed by atoms with E-state index in [0.717, 1.165) is 11.5 Å². The fourth-order valence-corrected chi connectivity index (χ4v) is 3.81. The van der Waals surface area contributed by atoms with E-state index in [2.05, 4.69) is 10.1 Å². The number of carbonyl (C=O) groups is 1. The summed E-state index contributed by atoms with van der Waals surface area (Å²) in [5.41, 5.74) is 1.44. The lowest BCUT2D eigenvalue weighted by Crippen LogP contribution is -2.17. The van der Waals surface area contributed by atoms with E-state index in [-0.39, 0.29) is 12.0 Å². The molecule has 4 heterocycles. The lowest BCUT2D eigenvalue weighted by molar-refractivity contribution is 0.0531. The summed E-state index contributed by atoms with van der Waals surface area (Å²) in [5.74, 6) is 1.13. The molecule has 0 bridgehead atoms. The summed E-state index contributed by atoms with van der Waals surface area (Å²) in [6.45, 7) is 3.90. The van der Waals surface area contributed by atoms with Gasteiger partial charge in [-0.25, -0.2) is 14.8 Å². The van der Waals surface area contributed by atoms with E-state index in [4.69, 9.17) is 13.6 Å². The Balaban J connectivity index is 1.71. The summed E-state index contributed by atoms with van der Waals surface area (Å²) in [6, 6.07) is 7.30. The summed E-state index contributed by atoms with van der Waals surface area (Å²) < 4.78 is 16.2. The molecule has 26 heavy (non-hydrogen) atoms. The maximum atomic E-state index is 12.1. The van der Waals surface area contributed by atoms with E-state index in [1.54, 1.807) is 31.4 Å². The van der Waals surface area contributed by atoms with Gasteiger partial charge in [0.1, 0.15) is 28.2 Å². The number of aryl methyl sites for hydroxylation is 1. The first kappa shape index (κ1) is 16.6. The largest absolute Gasteiger partial charge is 0.467 e. The number of carbonyl (C=O) groups excluding carboxylic acids is 1. The second-order valence-corrected chi connectivity index (χ2v) is 6.71. The van der Waals surface area contributed by atoms with Crippen LogP contribution in [0, 0.1) is 6.92 Å². The number of thiazole rings is 1. The molecule has 1 aliphatic heterocycles. The third kappa shape index (κ3) is 2.92. The van der Waals surface area contributed by atoms with Crippen molar-refractivity contribution in [3.63, 3.8) is 0 Å². The Labute approximate surface area is 153 Å². The number of hydrogen-bond acceptors (Lipinski definition) is 8. The van der Waals surface area contributed by atoms with E-state index in [1.165, 1.54) is 11.3 Å². The molecular formula is C18H17N3O4S. The number of furan rings is 2. The van der Waals surface area contributed by atoms with Gasteiger partial charge in [-0.15, -0.1) is 0 Å². The van der Waals surface area contributed by atoms with Crippen molar-refractivity contribution in [3.05, 3.63) is 58.9 Å². The van der Waals surface area contributed by atoms with Gasteiger partial charge in [0.05, 0.1) is 24.8 Å². The van der Waals surface area contributed by atoms with Gasteiger partial charge in [0.25, 0.3) is 0 Å². The molecule has 134 valence electrons. The molecule has 0 aliphatic carbocycles. The average Bonchev–Trinajstić information content (AvgIpc) is 3.39. The lowest BCUT2D eigenvalue weighted by Gasteiger charge is -2.18. The number of rotatable bonds is 5. The van der Waals surface area contributed by atoms with Crippen LogP contribution in [0.15, 0.2) is 50.7 Å². The molecule has 0 saturated heterocycles. The molecule has 0 fully saturated rings. The van der Waals surface area contributed by atoms with Gasteiger partial charge in [0.15, 0.2) is 0 Å². The van der Waals surface area contributed by atoms with Crippen molar-refractivity contribution in [2.24, 2.45) is 5.10 Å². The Hall–Kier alpha value is -2.87. The van der Waals surface area contributed by atoms with Gasteiger partial charge in [0, 0.05) is 6.42 Å². The van der Waals surface area contributed by atoms with Crippen molar-refractivity contribution < 1.29 is 18.4 Å². The quantitative estimate of drug-likeness (QED) is 0.626. The van der Waals surface area contributed by atoms with Crippen LogP contribution in [0.1, 0.15) is 46.3 Å². The molecule has 1 unspecified atom stereocenters. The number of ether oxygens (including phenoxy) is 1. The van der Waals surface area contributed by atoms with E-state index in [9.17, 15) is 4.79 Å². The molecule has 3 aromatic rings. The van der Waals surface area contributed by atoms with Gasteiger partial charge >= 0.3 is 5.97 Å². The van der Waals surface area contributed by atoms with Crippen molar-refractivity contribution in [1.29, 1.82) is 0 Å². The van der Waals surface area contributed by atoms with Gasteiger partial charge in [-0.05, 0) is 38.1 Å². The molecule has 1 aliphatic rings. The number of hydrogen-bond donors (Lipinski definition) is 0. The molecule has 0 saturated carbocycles. The van der Waals surface area contributed by atoms with Crippen molar-refractivity contribution in [1.82, 2.24) is 4.98 Å². The van der Waals surface area contributed by atoms with E-state index in [0.29, 0.717) is 34.5 Å². The van der Waals surface area contributed by atoms with Crippen LogP contribution in [0.3, 0.4) is 0 Å². The minimum absolute atomic E-state index is 0.148. The highest BCUT2D eigenvalue weighted by molar-refractivity contribution is 7.17. The second kappa shape index (κ2) is 6.80. The van der Waals surface area contributed by atoms with E-state index < -0.39 is 0 Å². The molecule has 3 aromatic heterocycles. The maximum Gasteiger partial charge on any atom is 0.350 e. The van der Waals surface area contributed by atoms with Crippen LogP contribution in [0.25, 0.3) is 0 Å². The average molecular weight is 371 g/mol. The van der Waals surface area contributed by atoms with Crippen LogP contribution >= 0.6 is 11.3 Å². The first-order valence-electron chi connectivity index (χ1n) is 8.26. The second-order valence-electron chi connectivity index (χ2n) is 5.74. The molecule has 1 atom stereocenters. The third-order valence-electron chi connectivity index (χ3n) is 4.03. The molecule has 0 N–H and O–H groups in total. The van der Waals surface area contributed by atoms with Gasteiger partial charge in [-0.2, -0.15) is 5.10 Å². The third-order valence-corrected chi connectivity index (χ3v) is 5.16. The van der Waals surface area contributed by atoms with Gasteiger partial charge < -0.3 is 13.6 Å². The number of aromatic nitrogens is 1. The SMILES string of the molecule is CCOC(=O)c1sc(N2N=C(c3ccco3)CC2c2ccco2)nc1C. The standard InChI is InChI=1S/C18H17N3O4S/c1-3-23-17(22)16-11(2)19-18(26-16)21-13(15-7-5-9-25-15)10-12(20-21)14-6-4-8-24-14/h4-9,13H,3,10H2,1-2H3. The highest BCUT2D eigenvalue weighted by Crippen LogP contribution is 2.39. The van der Waals surface area contributed by atoms with Crippen LogP contribution in [-0.4, -0.2) is 23.3 Å². The molecule has 0 spiro atoms. The summed E-state index contributed by atoms with van der Waals surface area (Å²) in [7, 11) is 0. The Kier molecular flexibility index (Phi) is 4.34. The summed E-state index contributed by atoms with van der Waals surface area (Å²) in [6.07, 6.45) is 3.87. The van der Waals surface area contributed by atoms with Crippen LogP contribution in [0.2, 0.25) is 0 Å². The summed E-state index contributed by atoms with van der Waals surface area (Å²) >= 11 is 1.27. The van der Waals surface area contributed by atoms with Crippen molar-refractivity contribution >= 4 is 28.1 Å². The zero-order valence-corrected chi connectivity index (χ0v) is 15.2. The van der Waals surface area contributed by atoms with Gasteiger partial charge in [-0.1, -0.05) is 11.3 Å². The Morgan fingerprint density at radius 2 is 2.15 bits per heavy atom. The Morgan fingerprint density at radius 1 is 1.35 bits per heavy atom. The molecule has 0 aromatic carbocycles. The molecule has 7 nitrogen and oxygen atoms in total. The number of anilines is 1. The van der Waals surface area contributed by atoms with Gasteiger partial charge in [0.2, 0.25) is 5.13 Å². The maximum absolute atomic E-state index is 12.1. The van der Waals surface area contributed by atoms with E-state index in [1.807, 2.05) is 24.3 Å². The molecule has 4 rings (SSSR count). The van der Waals surface area contributed by atoms with Gasteiger partial charge in [-0.3, -0.25) is 0 Å². The van der Waals surface area contributed by atoms with Crippen LogP contribution < -0.4 is 5.01 Å². The first-order chi connectivity index (χ1) is 12.7. The van der Waals surface area contributed by atoms with Crippen molar-refractivity contribution in [2.45, 2.75) is 26.3 Å². The molecule has 0 radical (unpaired) electrons. The van der Waals surface area contributed by atoms with Crippen molar-refractivity contribution in [3.8, 4) is 0 Å². The number of nitrogens with zero attached hydrogens (tertiary/aromatic N) is 3. The first-order valence-corrected chi connectivity index (χ1v) is 9.07. The summed E-state index contributed by atoms with van der Waals surface area (Å²) in [4.78, 5) is 17.1. The monoisotopic (exact) mass is 371 g/mol. The zero-order valence-electron chi connectivity index (χ0n) is 14.3. The van der Waals surface area contributed by atoms with E-state index >= 15 is 0 Å². The Morgan fingerprint density at radius 3 is 2.85 bits per heavy atom. The minimum atomic E-state index is -0.363. The predicted octanol–water partition coefficient (Wildman–Crippen LogP) is 4.17. The molecule has 0 amide bonds. The zero-order chi connectivity index (χ0) is 18.1. The topological polar surface area (TPSA) is 81.1 Å². The van der Waals surface area contributed by atoms with Crippen LogP contribution in [-0.2, 0) is 4.74 Å². The van der Waals surface area contributed by atoms with Crippen LogP contribution in [0.5, 0.6) is 0 Å². The Bertz CT molecular complexity index is 928. The van der Waals surface area contributed by atoms with Crippen molar-refractivity contribution in [2.75, 3.05) is 11.6 Å². The predicted molar refractivity (Wildman–Crippen MR) is 96.6 cm³/mol. The molecular weight excluding hydrogens is 354 g/mol. The highest BCUT2D eigenvalue weighted by atomic mass is 32.1. The summed E-state index contributed by atoms with van der Waals surface area (Å²) in [5, 5.41) is 7.10. The number of hydrazone groups is 1. The highest BCUT2D eigenvalue weighted by Gasteiger charge is 2.35. The molecule has 8 heteroatoms. The fraction of sp³-hybridized carbons (Fsp3) is 0.278. The lowest BCUT2D eigenvalue weighted by atomic mass is 10.1. The number of esters is 1. The smallest absolute Gasteiger partial charge is 0.350 e.